The molecule has 1 aromatic rings. The van der Waals surface area contributed by atoms with E-state index in [-0.39, 0.29) is 29.1 Å². The number of Topliss-reactive ketones (excluding diaryl/α,β-unsaturated/α-hetero) is 2. The summed E-state index contributed by atoms with van der Waals surface area (Å²) >= 11 is 0. The second-order valence-corrected chi connectivity index (χ2v) is 3.21. The fourth-order valence-electron chi connectivity index (χ4n) is 1.58. The van der Waals surface area contributed by atoms with Gasteiger partial charge < -0.3 is 10.2 Å². The first kappa shape index (κ1) is 8.90. The fourth-order valence-corrected chi connectivity index (χ4v) is 1.58. The van der Waals surface area contributed by atoms with E-state index in [1.54, 1.807) is 0 Å². The normalized spacial score (nSPS) is 20.8. The second-order valence-electron chi connectivity index (χ2n) is 3.21. The van der Waals surface area contributed by atoms with Crippen molar-refractivity contribution in [2.24, 2.45) is 0 Å². The van der Waals surface area contributed by atoms with Gasteiger partial charge in [0.2, 0.25) is 0 Å². The Hall–Kier alpha value is -1.68. The summed E-state index contributed by atoms with van der Waals surface area (Å²) in [6.07, 6.45) is -1.52. The van der Waals surface area contributed by atoms with Gasteiger partial charge in [0.1, 0.15) is 11.9 Å². The van der Waals surface area contributed by atoms with Crippen LogP contribution in [0.5, 0.6) is 5.75 Å². The molecule has 0 radical (unpaired) electrons. The van der Waals surface area contributed by atoms with Gasteiger partial charge in [0.15, 0.2) is 11.6 Å². The summed E-state index contributed by atoms with van der Waals surface area (Å²) in [5, 5.41) is 18.6. The quantitative estimate of drug-likeness (QED) is 0.628. The van der Waals surface area contributed by atoms with Gasteiger partial charge in [-0.15, -0.1) is 0 Å². The van der Waals surface area contributed by atoms with Crippen molar-refractivity contribution in [2.45, 2.75) is 12.5 Å². The lowest BCUT2D eigenvalue weighted by Crippen LogP contribution is -2.31. The van der Waals surface area contributed by atoms with E-state index in [2.05, 4.69) is 0 Å². The van der Waals surface area contributed by atoms with Gasteiger partial charge in [-0.2, -0.15) is 0 Å². The number of aliphatic hydroxyl groups is 1. The Morgan fingerprint density at radius 1 is 1.29 bits per heavy atom. The van der Waals surface area contributed by atoms with Crippen LogP contribution in [-0.4, -0.2) is 27.9 Å². The molecule has 14 heavy (non-hydrogen) atoms. The number of rotatable bonds is 0. The Kier molecular flexibility index (Phi) is 1.86. The predicted molar refractivity (Wildman–Crippen MR) is 47.4 cm³/mol. The lowest BCUT2D eigenvalue weighted by Gasteiger charge is -2.18. The van der Waals surface area contributed by atoms with Crippen LogP contribution < -0.4 is 0 Å². The molecule has 0 bridgehead atoms. The van der Waals surface area contributed by atoms with Gasteiger partial charge in [0.25, 0.3) is 0 Å². The zero-order valence-corrected chi connectivity index (χ0v) is 7.23. The monoisotopic (exact) mass is 192 g/mol. The van der Waals surface area contributed by atoms with Crippen LogP contribution in [0.4, 0.5) is 0 Å². The van der Waals surface area contributed by atoms with Gasteiger partial charge in [-0.3, -0.25) is 9.59 Å². The van der Waals surface area contributed by atoms with Crippen LogP contribution in [0.3, 0.4) is 0 Å². The average Bonchev–Trinajstić information content (AvgIpc) is 2.14. The number of carbonyl (C=O) groups excluding carboxylic acids is 2. The van der Waals surface area contributed by atoms with Gasteiger partial charge in [-0.05, 0) is 6.07 Å². The second kappa shape index (κ2) is 2.92. The number of hydrogen-bond acceptors (Lipinski definition) is 4. The zero-order valence-electron chi connectivity index (χ0n) is 7.23. The van der Waals surface area contributed by atoms with Crippen molar-refractivity contribution in [1.82, 2.24) is 0 Å². The van der Waals surface area contributed by atoms with Crippen molar-refractivity contribution in [3.63, 3.8) is 0 Å². The minimum absolute atomic E-state index is 0.0590. The van der Waals surface area contributed by atoms with Gasteiger partial charge in [-0.1, -0.05) is 12.1 Å². The summed E-state index contributed by atoms with van der Waals surface area (Å²) in [4.78, 5) is 22.8. The molecule has 0 heterocycles. The summed E-state index contributed by atoms with van der Waals surface area (Å²) in [5.74, 6) is -1.15. The maximum Gasteiger partial charge on any atom is 0.196 e. The minimum Gasteiger partial charge on any atom is -0.507 e. The number of fused-ring (bicyclic) bond motifs is 1. The number of carbonyl (C=O) groups is 2. The summed E-state index contributed by atoms with van der Waals surface area (Å²) in [6.45, 7) is 0. The third-order valence-corrected chi connectivity index (χ3v) is 2.27. The molecular formula is C10H8O4. The SMILES string of the molecule is O=C1CC(O)C(=O)c2c(O)cccc21. The minimum atomic E-state index is -1.32. The van der Waals surface area contributed by atoms with Crippen LogP contribution in [-0.2, 0) is 0 Å². The van der Waals surface area contributed by atoms with Gasteiger partial charge in [0, 0.05) is 12.0 Å². The first-order valence-electron chi connectivity index (χ1n) is 4.18. The molecule has 2 rings (SSSR count). The van der Waals surface area contributed by atoms with Gasteiger partial charge in [-0.25, -0.2) is 0 Å². The third-order valence-electron chi connectivity index (χ3n) is 2.27. The number of phenolic OH excluding ortho intramolecular Hbond substituents is 1. The molecule has 4 heteroatoms. The summed E-state index contributed by atoms with van der Waals surface area (Å²) in [6, 6.07) is 4.29. The average molecular weight is 192 g/mol. The van der Waals surface area contributed by atoms with Gasteiger partial charge >= 0.3 is 0 Å². The van der Waals surface area contributed by atoms with E-state index < -0.39 is 11.9 Å². The van der Waals surface area contributed by atoms with Crippen LogP contribution >= 0.6 is 0 Å². The molecule has 1 aromatic carbocycles. The van der Waals surface area contributed by atoms with Gasteiger partial charge in [0.05, 0.1) is 5.56 Å². The topological polar surface area (TPSA) is 74.6 Å². The molecule has 0 aromatic heterocycles. The fraction of sp³-hybridized carbons (Fsp3) is 0.200. The molecule has 2 N–H and O–H groups in total. The predicted octanol–water partition coefficient (Wildman–Crippen LogP) is 0.522. The first-order valence-corrected chi connectivity index (χ1v) is 4.18. The molecule has 1 atom stereocenters. The number of aromatic hydroxyl groups is 1. The highest BCUT2D eigenvalue weighted by Gasteiger charge is 2.32. The number of phenols is 1. The molecule has 1 aliphatic rings. The molecule has 0 aliphatic heterocycles. The van der Waals surface area contributed by atoms with E-state index >= 15 is 0 Å². The molecule has 0 amide bonds. The van der Waals surface area contributed by atoms with E-state index in [1.165, 1.54) is 18.2 Å². The number of hydrogen-bond donors (Lipinski definition) is 2. The van der Waals surface area contributed by atoms with Crippen molar-refractivity contribution < 1.29 is 19.8 Å². The molecule has 0 saturated carbocycles. The van der Waals surface area contributed by atoms with E-state index in [9.17, 15) is 19.8 Å². The third kappa shape index (κ3) is 1.12. The Morgan fingerprint density at radius 3 is 2.71 bits per heavy atom. The van der Waals surface area contributed by atoms with Crippen LogP contribution in [0.2, 0.25) is 0 Å². The van der Waals surface area contributed by atoms with Crippen LogP contribution in [0.15, 0.2) is 18.2 Å². The molecular weight excluding hydrogens is 184 g/mol. The molecule has 0 saturated heterocycles. The Bertz CT molecular complexity index is 422. The standard InChI is InChI=1S/C10H8O4/c11-6-3-1-2-5-7(12)4-8(13)10(14)9(5)6/h1-3,8,11,13H,4H2. The lowest BCUT2D eigenvalue weighted by molar-refractivity contribution is 0.0649. The highest BCUT2D eigenvalue weighted by molar-refractivity contribution is 6.17. The van der Waals surface area contributed by atoms with Crippen molar-refractivity contribution >= 4 is 11.6 Å². The Morgan fingerprint density at radius 2 is 2.00 bits per heavy atom. The zero-order chi connectivity index (χ0) is 10.3. The first-order chi connectivity index (χ1) is 6.61. The maximum atomic E-state index is 11.4. The van der Waals surface area contributed by atoms with Crippen LogP contribution in [0, 0.1) is 0 Å². The van der Waals surface area contributed by atoms with Crippen LogP contribution in [0.1, 0.15) is 27.1 Å². The molecule has 0 fully saturated rings. The van der Waals surface area contributed by atoms with Crippen molar-refractivity contribution in [2.75, 3.05) is 0 Å². The molecule has 0 spiro atoms. The highest BCUT2D eigenvalue weighted by atomic mass is 16.3. The van der Waals surface area contributed by atoms with E-state index in [0.29, 0.717) is 0 Å². The summed E-state index contributed by atoms with van der Waals surface area (Å²) in [5.41, 5.74) is 0.136. The summed E-state index contributed by atoms with van der Waals surface area (Å²) < 4.78 is 0. The summed E-state index contributed by atoms with van der Waals surface area (Å²) in [7, 11) is 0. The van der Waals surface area contributed by atoms with E-state index in [4.69, 9.17) is 0 Å². The number of ketones is 2. The molecule has 4 nitrogen and oxygen atoms in total. The highest BCUT2D eigenvalue weighted by Crippen LogP contribution is 2.28. The van der Waals surface area contributed by atoms with Crippen molar-refractivity contribution in [1.29, 1.82) is 0 Å². The number of benzene rings is 1. The van der Waals surface area contributed by atoms with E-state index in [0.717, 1.165) is 0 Å². The van der Waals surface area contributed by atoms with Crippen LogP contribution in [0.25, 0.3) is 0 Å². The Labute approximate surface area is 79.8 Å². The molecule has 1 unspecified atom stereocenters. The Balaban J connectivity index is 2.68. The van der Waals surface area contributed by atoms with Crippen molar-refractivity contribution in [3.8, 4) is 5.75 Å². The largest absolute Gasteiger partial charge is 0.507 e. The number of aliphatic hydroxyl groups excluding tert-OH is 1. The lowest BCUT2D eigenvalue weighted by atomic mass is 9.87. The molecule has 72 valence electrons. The van der Waals surface area contributed by atoms with Crippen molar-refractivity contribution in [3.05, 3.63) is 29.3 Å². The maximum absolute atomic E-state index is 11.4. The smallest absolute Gasteiger partial charge is 0.196 e. The molecule has 1 aliphatic carbocycles. The van der Waals surface area contributed by atoms with E-state index in [1.807, 2.05) is 0 Å².